The Bertz CT molecular complexity index is 1180. The molecule has 4 N–H and O–H groups in total. The highest BCUT2D eigenvalue weighted by Crippen LogP contribution is 2.24. The summed E-state index contributed by atoms with van der Waals surface area (Å²) in [6.45, 7) is 1.58. The molecule has 0 amide bonds. The first-order chi connectivity index (χ1) is 15.3. The lowest BCUT2D eigenvalue weighted by molar-refractivity contribution is -0.160. The first kappa shape index (κ1) is 22.6. The SMILES string of the molecule is CCOC(=O)C(c1nc2c(OCc3ccccc3)nc(N)nc2[nH]c1=O)C(O)C(=O)OC. The first-order valence-electron chi connectivity index (χ1n) is 9.52. The summed E-state index contributed by atoms with van der Waals surface area (Å²) in [6.07, 6.45) is -2.03. The lowest BCUT2D eigenvalue weighted by atomic mass is 9.98. The topological polar surface area (TPSA) is 180 Å². The molecule has 12 nitrogen and oxygen atoms in total. The molecule has 0 radical (unpaired) electrons. The lowest BCUT2D eigenvalue weighted by Gasteiger charge is -2.19. The summed E-state index contributed by atoms with van der Waals surface area (Å²) in [6, 6.07) is 9.17. The normalized spacial score (nSPS) is 12.7. The van der Waals surface area contributed by atoms with Gasteiger partial charge in [-0.1, -0.05) is 30.3 Å². The summed E-state index contributed by atoms with van der Waals surface area (Å²) in [4.78, 5) is 51.6. The third-order valence-electron chi connectivity index (χ3n) is 4.38. The second-order valence-corrected chi connectivity index (χ2v) is 6.51. The molecule has 2 atom stereocenters. The Kier molecular flexibility index (Phi) is 6.95. The number of aliphatic hydroxyl groups excluding tert-OH is 1. The zero-order valence-electron chi connectivity index (χ0n) is 17.3. The van der Waals surface area contributed by atoms with Crippen molar-refractivity contribution in [3.05, 3.63) is 51.9 Å². The molecular weight excluding hydrogens is 422 g/mol. The molecule has 168 valence electrons. The zero-order chi connectivity index (χ0) is 23.3. The van der Waals surface area contributed by atoms with Gasteiger partial charge in [0.25, 0.3) is 5.56 Å². The summed E-state index contributed by atoms with van der Waals surface area (Å²) >= 11 is 0. The monoisotopic (exact) mass is 443 g/mol. The highest BCUT2D eigenvalue weighted by atomic mass is 16.5. The molecule has 0 aliphatic carbocycles. The number of anilines is 1. The molecule has 0 aliphatic rings. The van der Waals surface area contributed by atoms with E-state index in [2.05, 4.69) is 24.7 Å². The Morgan fingerprint density at radius 2 is 1.88 bits per heavy atom. The van der Waals surface area contributed by atoms with Crippen molar-refractivity contribution in [1.82, 2.24) is 19.9 Å². The standard InChI is InChI=1S/C20H21N5O7/c1-3-31-18(28)11(14(26)19(29)30-2)12-16(27)23-15-13(22-12)17(25-20(21)24-15)32-9-10-7-5-4-6-8-10/h4-8,11,14,26H,3,9H2,1-2H3,(H3,21,23,24,25,27). The van der Waals surface area contributed by atoms with Gasteiger partial charge in [0, 0.05) is 0 Å². The summed E-state index contributed by atoms with van der Waals surface area (Å²) < 4.78 is 15.1. The Morgan fingerprint density at radius 1 is 1.16 bits per heavy atom. The number of hydrogen-bond acceptors (Lipinski definition) is 11. The van der Waals surface area contributed by atoms with Crippen molar-refractivity contribution >= 4 is 29.1 Å². The number of carbonyl (C=O) groups excluding carboxylic acids is 2. The van der Waals surface area contributed by atoms with Crippen molar-refractivity contribution in [2.45, 2.75) is 25.6 Å². The van der Waals surface area contributed by atoms with E-state index in [0.717, 1.165) is 12.7 Å². The van der Waals surface area contributed by atoms with Crippen LogP contribution in [0.25, 0.3) is 11.2 Å². The van der Waals surface area contributed by atoms with Gasteiger partial charge >= 0.3 is 11.9 Å². The Balaban J connectivity index is 2.10. The second-order valence-electron chi connectivity index (χ2n) is 6.51. The molecule has 0 saturated carbocycles. The summed E-state index contributed by atoms with van der Waals surface area (Å²) in [7, 11) is 1.03. The number of ether oxygens (including phenoxy) is 3. The van der Waals surface area contributed by atoms with Gasteiger partial charge in [0.05, 0.1) is 13.7 Å². The average molecular weight is 443 g/mol. The molecule has 3 aromatic rings. The van der Waals surface area contributed by atoms with Crippen molar-refractivity contribution in [1.29, 1.82) is 0 Å². The van der Waals surface area contributed by atoms with E-state index in [1.54, 1.807) is 0 Å². The number of carbonyl (C=O) groups is 2. The van der Waals surface area contributed by atoms with Crippen molar-refractivity contribution in [2.75, 3.05) is 19.5 Å². The zero-order valence-corrected chi connectivity index (χ0v) is 17.3. The highest BCUT2D eigenvalue weighted by molar-refractivity contribution is 5.88. The van der Waals surface area contributed by atoms with Gasteiger partial charge in [-0.3, -0.25) is 9.59 Å². The van der Waals surface area contributed by atoms with Gasteiger partial charge in [0.15, 0.2) is 17.3 Å². The lowest BCUT2D eigenvalue weighted by Crippen LogP contribution is -2.39. The summed E-state index contributed by atoms with van der Waals surface area (Å²) in [5.41, 5.74) is 5.07. The number of nitrogens with one attached hydrogen (secondary N) is 1. The Labute approximate surface area is 181 Å². The van der Waals surface area contributed by atoms with Crippen LogP contribution in [0.1, 0.15) is 24.1 Å². The van der Waals surface area contributed by atoms with Crippen LogP contribution in [-0.4, -0.2) is 56.8 Å². The van der Waals surface area contributed by atoms with Crippen molar-refractivity contribution in [3.63, 3.8) is 0 Å². The third kappa shape index (κ3) is 4.81. The van der Waals surface area contributed by atoms with Gasteiger partial charge in [-0.15, -0.1) is 0 Å². The van der Waals surface area contributed by atoms with E-state index in [4.69, 9.17) is 15.2 Å². The predicted octanol–water partition coefficient (Wildman–Crippen LogP) is 0.0549. The first-order valence-corrected chi connectivity index (χ1v) is 9.52. The van der Waals surface area contributed by atoms with Crippen LogP contribution in [-0.2, 0) is 25.7 Å². The van der Waals surface area contributed by atoms with E-state index in [0.29, 0.717) is 0 Å². The molecule has 3 rings (SSSR count). The fraction of sp³-hybridized carbons (Fsp3) is 0.300. The van der Waals surface area contributed by atoms with Gasteiger partial charge in [0.2, 0.25) is 11.8 Å². The molecule has 2 heterocycles. The Hall–Kier alpha value is -4.06. The number of hydrogen-bond donors (Lipinski definition) is 3. The molecule has 0 bridgehead atoms. The fourth-order valence-electron chi connectivity index (χ4n) is 2.90. The third-order valence-corrected chi connectivity index (χ3v) is 4.38. The number of aromatic nitrogens is 4. The predicted molar refractivity (Wildman–Crippen MR) is 111 cm³/mol. The number of benzene rings is 1. The van der Waals surface area contributed by atoms with Crippen LogP contribution in [0.5, 0.6) is 5.88 Å². The average Bonchev–Trinajstić information content (AvgIpc) is 2.78. The van der Waals surface area contributed by atoms with Gasteiger partial charge in [-0.25, -0.2) is 9.78 Å². The highest BCUT2D eigenvalue weighted by Gasteiger charge is 2.39. The number of rotatable bonds is 8. The van der Waals surface area contributed by atoms with Crippen LogP contribution >= 0.6 is 0 Å². The molecule has 0 aliphatic heterocycles. The van der Waals surface area contributed by atoms with E-state index in [9.17, 15) is 19.5 Å². The quantitative estimate of drug-likeness (QED) is 0.400. The molecule has 0 spiro atoms. The molecule has 2 unspecified atom stereocenters. The molecule has 1 aromatic carbocycles. The number of fused-ring (bicyclic) bond motifs is 1. The van der Waals surface area contributed by atoms with Crippen LogP contribution < -0.4 is 16.0 Å². The maximum atomic E-state index is 12.7. The van der Waals surface area contributed by atoms with Crippen LogP contribution in [0, 0.1) is 0 Å². The van der Waals surface area contributed by atoms with Crippen molar-refractivity contribution in [2.24, 2.45) is 0 Å². The number of aliphatic hydroxyl groups is 1. The number of nitrogen functional groups attached to an aromatic ring is 1. The van der Waals surface area contributed by atoms with Crippen LogP contribution in [0.4, 0.5) is 5.95 Å². The number of esters is 2. The van der Waals surface area contributed by atoms with Gasteiger partial charge in [0.1, 0.15) is 18.2 Å². The molecule has 32 heavy (non-hydrogen) atoms. The van der Waals surface area contributed by atoms with Crippen LogP contribution in [0.15, 0.2) is 35.1 Å². The molecule has 0 saturated heterocycles. The van der Waals surface area contributed by atoms with E-state index in [-0.39, 0.29) is 36.2 Å². The van der Waals surface area contributed by atoms with Crippen molar-refractivity contribution in [3.8, 4) is 5.88 Å². The van der Waals surface area contributed by atoms with Crippen LogP contribution in [0.3, 0.4) is 0 Å². The minimum atomic E-state index is -2.03. The minimum absolute atomic E-state index is 0.0314. The largest absolute Gasteiger partial charge is 0.471 e. The molecular formula is C20H21N5O7. The maximum absolute atomic E-state index is 12.7. The van der Waals surface area contributed by atoms with Gasteiger partial charge < -0.3 is 30.0 Å². The summed E-state index contributed by atoms with van der Waals surface area (Å²) in [5, 5.41) is 10.3. The maximum Gasteiger partial charge on any atom is 0.336 e. The number of methoxy groups -OCH3 is 1. The Morgan fingerprint density at radius 3 is 2.53 bits per heavy atom. The number of aromatic amines is 1. The molecule has 0 fully saturated rings. The number of H-pyrrole nitrogens is 1. The second kappa shape index (κ2) is 9.83. The fourth-order valence-corrected chi connectivity index (χ4v) is 2.90. The van der Waals surface area contributed by atoms with Gasteiger partial charge in [-0.2, -0.15) is 9.97 Å². The minimum Gasteiger partial charge on any atom is -0.471 e. The summed E-state index contributed by atoms with van der Waals surface area (Å²) in [5.74, 6) is -4.18. The van der Waals surface area contributed by atoms with E-state index in [1.165, 1.54) is 6.92 Å². The molecule has 12 heteroatoms. The van der Waals surface area contributed by atoms with E-state index < -0.39 is 35.2 Å². The van der Waals surface area contributed by atoms with E-state index in [1.807, 2.05) is 30.3 Å². The van der Waals surface area contributed by atoms with E-state index >= 15 is 0 Å². The van der Waals surface area contributed by atoms with Crippen LogP contribution in [0.2, 0.25) is 0 Å². The van der Waals surface area contributed by atoms with Crippen molar-refractivity contribution < 1.29 is 28.9 Å². The number of nitrogens with two attached hydrogens (primary N) is 1. The smallest absolute Gasteiger partial charge is 0.336 e. The molecule has 2 aromatic heterocycles. The number of nitrogens with zero attached hydrogens (tertiary/aromatic N) is 3. The van der Waals surface area contributed by atoms with Gasteiger partial charge in [-0.05, 0) is 12.5 Å².